The predicted octanol–water partition coefficient (Wildman–Crippen LogP) is 3.56. The molecule has 0 spiro atoms. The molecule has 5 heteroatoms. The van der Waals surface area contributed by atoms with E-state index < -0.39 is 0 Å². The first-order valence-corrected chi connectivity index (χ1v) is 9.21. The molecule has 2 aliphatic rings. The molecule has 120 valence electrons. The fourth-order valence-corrected chi connectivity index (χ4v) is 4.58. The van der Waals surface area contributed by atoms with Crippen molar-refractivity contribution in [3.05, 3.63) is 35.5 Å². The molecule has 0 saturated carbocycles. The number of nitrogens with zero attached hydrogens (tertiary/aromatic N) is 3. The molecular weight excluding hydrogens is 306 g/mol. The van der Waals surface area contributed by atoms with E-state index in [1.807, 2.05) is 16.6 Å². The van der Waals surface area contributed by atoms with Crippen LogP contribution in [0.3, 0.4) is 0 Å². The number of likely N-dealkylation sites (tertiary alicyclic amines) is 1. The first-order valence-electron chi connectivity index (χ1n) is 8.22. The predicted molar refractivity (Wildman–Crippen MR) is 92.5 cm³/mol. The minimum atomic E-state index is 0.105. The Bertz CT molecular complexity index is 760. The summed E-state index contributed by atoms with van der Waals surface area (Å²) < 4.78 is 1.88. The zero-order valence-electron chi connectivity index (χ0n) is 13.6. The van der Waals surface area contributed by atoms with Crippen molar-refractivity contribution in [3.63, 3.8) is 0 Å². The number of carbonyl (C=O) groups is 1. The molecule has 1 saturated heterocycles. The normalized spacial score (nSPS) is 17.7. The van der Waals surface area contributed by atoms with Crippen LogP contribution in [0.5, 0.6) is 0 Å². The molecule has 0 unspecified atom stereocenters. The van der Waals surface area contributed by atoms with Gasteiger partial charge in [0.15, 0.2) is 5.69 Å². The molecule has 1 aromatic heterocycles. The fraction of sp³-hybridized carbons (Fsp3) is 0.444. The van der Waals surface area contributed by atoms with Crippen LogP contribution in [0, 0.1) is 5.92 Å². The first-order chi connectivity index (χ1) is 11.1. The lowest BCUT2D eigenvalue weighted by Gasteiger charge is -2.30. The van der Waals surface area contributed by atoms with Crippen LogP contribution in [0.25, 0.3) is 11.3 Å². The Morgan fingerprint density at radius 1 is 1.26 bits per heavy atom. The van der Waals surface area contributed by atoms with Crippen molar-refractivity contribution in [2.24, 2.45) is 13.0 Å². The van der Waals surface area contributed by atoms with Gasteiger partial charge in [0.05, 0.1) is 5.69 Å². The highest BCUT2D eigenvalue weighted by atomic mass is 32.2. The first kappa shape index (κ1) is 14.8. The number of aryl methyl sites for hydroxylation is 1. The Hall–Kier alpha value is -1.75. The van der Waals surface area contributed by atoms with Gasteiger partial charge in [0.1, 0.15) is 0 Å². The van der Waals surface area contributed by atoms with Crippen molar-refractivity contribution in [2.75, 3.05) is 13.1 Å². The number of aromatic nitrogens is 2. The number of piperidine rings is 1. The monoisotopic (exact) mass is 327 g/mol. The van der Waals surface area contributed by atoms with Crippen LogP contribution in [0.1, 0.15) is 35.8 Å². The number of hydrogen-bond acceptors (Lipinski definition) is 3. The van der Waals surface area contributed by atoms with Crippen LogP contribution in [0.2, 0.25) is 0 Å². The van der Waals surface area contributed by atoms with Crippen LogP contribution in [-0.4, -0.2) is 33.7 Å². The molecule has 0 N–H and O–H groups in total. The van der Waals surface area contributed by atoms with E-state index in [-0.39, 0.29) is 5.91 Å². The molecule has 0 atom stereocenters. The molecule has 23 heavy (non-hydrogen) atoms. The average molecular weight is 327 g/mol. The second kappa shape index (κ2) is 5.71. The van der Waals surface area contributed by atoms with Gasteiger partial charge >= 0.3 is 0 Å². The minimum Gasteiger partial charge on any atom is -0.337 e. The van der Waals surface area contributed by atoms with Gasteiger partial charge in [-0.3, -0.25) is 9.48 Å². The van der Waals surface area contributed by atoms with Crippen molar-refractivity contribution in [1.82, 2.24) is 14.7 Å². The summed E-state index contributed by atoms with van der Waals surface area (Å²) in [7, 11) is 1.95. The van der Waals surface area contributed by atoms with E-state index in [0.717, 1.165) is 48.9 Å². The molecule has 0 radical (unpaired) electrons. The minimum absolute atomic E-state index is 0.105. The average Bonchev–Trinajstić information content (AvgIpc) is 2.92. The number of thioether (sulfide) groups is 1. The van der Waals surface area contributed by atoms with Crippen LogP contribution in [0.15, 0.2) is 29.2 Å². The van der Waals surface area contributed by atoms with Gasteiger partial charge in [-0.2, -0.15) is 5.10 Å². The van der Waals surface area contributed by atoms with Gasteiger partial charge in [-0.15, -0.1) is 11.8 Å². The van der Waals surface area contributed by atoms with E-state index >= 15 is 0 Å². The van der Waals surface area contributed by atoms with Crippen molar-refractivity contribution >= 4 is 17.7 Å². The number of benzene rings is 1. The molecule has 2 aliphatic heterocycles. The van der Waals surface area contributed by atoms with Crippen molar-refractivity contribution in [3.8, 4) is 11.3 Å². The molecule has 0 bridgehead atoms. The van der Waals surface area contributed by atoms with Gasteiger partial charge in [-0.05, 0) is 24.8 Å². The number of fused-ring (bicyclic) bond motifs is 3. The fourth-order valence-electron chi connectivity index (χ4n) is 3.51. The van der Waals surface area contributed by atoms with Crippen LogP contribution in [-0.2, 0) is 12.8 Å². The third-order valence-corrected chi connectivity index (χ3v) is 6.03. The second-order valence-electron chi connectivity index (χ2n) is 6.56. The van der Waals surface area contributed by atoms with E-state index in [0.29, 0.717) is 5.69 Å². The number of rotatable bonds is 1. The lowest BCUT2D eigenvalue weighted by molar-refractivity contribution is 0.0689. The highest BCUT2D eigenvalue weighted by Crippen LogP contribution is 2.42. The topological polar surface area (TPSA) is 38.1 Å². The van der Waals surface area contributed by atoms with Crippen molar-refractivity contribution < 1.29 is 4.79 Å². The van der Waals surface area contributed by atoms with Crippen LogP contribution >= 0.6 is 11.8 Å². The summed E-state index contributed by atoms with van der Waals surface area (Å²) in [5, 5.41) is 4.60. The van der Waals surface area contributed by atoms with Gasteiger partial charge in [0, 0.05) is 41.9 Å². The zero-order chi connectivity index (χ0) is 16.0. The maximum atomic E-state index is 12.9. The maximum Gasteiger partial charge on any atom is 0.274 e. The zero-order valence-corrected chi connectivity index (χ0v) is 14.4. The second-order valence-corrected chi connectivity index (χ2v) is 7.58. The van der Waals surface area contributed by atoms with Crippen LogP contribution in [0.4, 0.5) is 0 Å². The number of amides is 1. The summed E-state index contributed by atoms with van der Waals surface area (Å²) in [5.41, 5.74) is 4.05. The highest BCUT2D eigenvalue weighted by molar-refractivity contribution is 7.98. The standard InChI is InChI=1S/C18H21N3OS/c1-12-7-9-21(10-8-12)18(22)16-14-11-23-15-6-4-3-5-13(15)17(14)20(2)19-16/h3-6,12H,7-11H2,1-2H3. The molecule has 0 aliphatic carbocycles. The van der Waals surface area contributed by atoms with Crippen molar-refractivity contribution in [2.45, 2.75) is 30.4 Å². The van der Waals surface area contributed by atoms with Gasteiger partial charge in [-0.25, -0.2) is 0 Å². The number of carbonyl (C=O) groups excluding carboxylic acids is 1. The largest absolute Gasteiger partial charge is 0.337 e. The van der Waals surface area contributed by atoms with Crippen LogP contribution < -0.4 is 0 Å². The molecule has 4 rings (SSSR count). The molecule has 1 amide bonds. The van der Waals surface area contributed by atoms with Gasteiger partial charge in [0.2, 0.25) is 0 Å². The Labute approximate surface area is 140 Å². The lowest BCUT2D eigenvalue weighted by Crippen LogP contribution is -2.38. The molecule has 1 fully saturated rings. The van der Waals surface area contributed by atoms with E-state index in [1.165, 1.54) is 10.5 Å². The lowest BCUT2D eigenvalue weighted by atomic mass is 9.98. The Balaban J connectivity index is 1.71. The third-order valence-electron chi connectivity index (χ3n) is 4.93. The SMILES string of the molecule is CC1CCN(C(=O)c2nn(C)c3c2CSc2ccccc2-3)CC1. The highest BCUT2D eigenvalue weighted by Gasteiger charge is 2.30. The number of hydrogen-bond donors (Lipinski definition) is 0. The van der Waals surface area contributed by atoms with E-state index in [4.69, 9.17) is 0 Å². The van der Waals surface area contributed by atoms with Gasteiger partial charge < -0.3 is 4.90 Å². The summed E-state index contributed by atoms with van der Waals surface area (Å²) in [6.07, 6.45) is 2.19. The molecule has 2 aromatic rings. The summed E-state index contributed by atoms with van der Waals surface area (Å²) >= 11 is 1.80. The van der Waals surface area contributed by atoms with Gasteiger partial charge in [0.25, 0.3) is 5.91 Å². The van der Waals surface area contributed by atoms with Crippen molar-refractivity contribution in [1.29, 1.82) is 0 Å². The molecular formula is C18H21N3OS. The van der Waals surface area contributed by atoms with E-state index in [1.54, 1.807) is 11.8 Å². The maximum absolute atomic E-state index is 12.9. The molecule has 3 heterocycles. The molecule has 1 aromatic carbocycles. The Morgan fingerprint density at radius 3 is 2.78 bits per heavy atom. The van der Waals surface area contributed by atoms with Gasteiger partial charge in [-0.1, -0.05) is 25.1 Å². The summed E-state index contributed by atoms with van der Waals surface area (Å²) in [4.78, 5) is 16.2. The molecule has 4 nitrogen and oxygen atoms in total. The Kier molecular flexibility index (Phi) is 3.68. The van der Waals surface area contributed by atoms with E-state index in [2.05, 4.69) is 36.3 Å². The third kappa shape index (κ3) is 2.47. The smallest absolute Gasteiger partial charge is 0.274 e. The summed E-state index contributed by atoms with van der Waals surface area (Å²) in [6.45, 7) is 3.97. The Morgan fingerprint density at radius 2 is 2.00 bits per heavy atom. The quantitative estimate of drug-likeness (QED) is 0.804. The summed E-state index contributed by atoms with van der Waals surface area (Å²) in [5.74, 6) is 1.65. The van der Waals surface area contributed by atoms with E-state index in [9.17, 15) is 4.79 Å². The summed E-state index contributed by atoms with van der Waals surface area (Å²) in [6, 6.07) is 8.38.